The van der Waals surface area contributed by atoms with Crippen molar-refractivity contribution in [3.05, 3.63) is 0 Å². The fourth-order valence-corrected chi connectivity index (χ4v) is 5.49. The molecule has 25 heavy (non-hydrogen) atoms. The minimum absolute atomic E-state index is 0.802. The second kappa shape index (κ2) is 11.6. The highest BCUT2D eigenvalue weighted by Crippen LogP contribution is 2.29. The van der Waals surface area contributed by atoms with E-state index in [1.54, 1.807) is 0 Å². The minimum atomic E-state index is 0.802. The molecule has 0 unspecified atom stereocenters. The first-order valence-electron chi connectivity index (χ1n) is 11.6. The summed E-state index contributed by atoms with van der Waals surface area (Å²) < 4.78 is 0. The molecule has 3 heteroatoms. The zero-order valence-corrected chi connectivity index (χ0v) is 16.6. The third kappa shape index (κ3) is 6.84. The molecule has 0 aromatic rings. The average Bonchev–Trinajstić information content (AvgIpc) is 2.69. The van der Waals surface area contributed by atoms with Crippen LogP contribution >= 0.6 is 0 Å². The van der Waals surface area contributed by atoms with Crippen LogP contribution in [0.5, 0.6) is 0 Å². The Morgan fingerprint density at radius 3 is 1.64 bits per heavy atom. The lowest BCUT2D eigenvalue weighted by atomic mass is 9.88. The van der Waals surface area contributed by atoms with Gasteiger partial charge in [0, 0.05) is 44.3 Å². The Kier molecular flexibility index (Phi) is 9.08. The van der Waals surface area contributed by atoms with Crippen LogP contribution in [0, 0.1) is 0 Å². The van der Waals surface area contributed by atoms with Crippen molar-refractivity contribution in [2.75, 3.05) is 26.2 Å². The van der Waals surface area contributed by atoms with E-state index in [4.69, 9.17) is 0 Å². The number of hydrogen-bond donors (Lipinski definition) is 2. The Morgan fingerprint density at radius 2 is 1.08 bits per heavy atom. The second-order valence-electron chi connectivity index (χ2n) is 8.86. The van der Waals surface area contributed by atoms with E-state index in [1.807, 2.05) is 0 Å². The molecule has 3 saturated carbocycles. The van der Waals surface area contributed by atoms with Gasteiger partial charge in [0.1, 0.15) is 0 Å². The predicted molar refractivity (Wildman–Crippen MR) is 108 cm³/mol. The van der Waals surface area contributed by atoms with Crippen LogP contribution in [-0.4, -0.2) is 49.2 Å². The molecule has 3 fully saturated rings. The molecule has 3 aliphatic rings. The fourth-order valence-electron chi connectivity index (χ4n) is 5.49. The first-order valence-corrected chi connectivity index (χ1v) is 11.6. The molecule has 2 N–H and O–H groups in total. The molecule has 0 heterocycles. The first-order chi connectivity index (χ1) is 12.4. The Hall–Kier alpha value is -0.120. The van der Waals surface area contributed by atoms with Crippen LogP contribution < -0.4 is 10.6 Å². The lowest BCUT2D eigenvalue weighted by molar-refractivity contribution is 0.0818. The fraction of sp³-hybridized carbons (Fsp3) is 1.00. The van der Waals surface area contributed by atoms with Gasteiger partial charge in [-0.1, -0.05) is 57.8 Å². The standard InChI is InChI=1S/C22H43N3/c1-4-10-20(11-5-1)24-17-16-23-18-19-25(21-12-6-2-7-13-21)22-14-8-3-9-15-22/h20-24H,1-19H2. The van der Waals surface area contributed by atoms with Crippen molar-refractivity contribution in [1.82, 2.24) is 15.5 Å². The smallest absolute Gasteiger partial charge is 0.0113 e. The maximum atomic E-state index is 3.76. The number of hydrogen-bond acceptors (Lipinski definition) is 3. The quantitative estimate of drug-likeness (QED) is 0.602. The highest BCUT2D eigenvalue weighted by molar-refractivity contribution is 4.84. The molecule has 0 aromatic carbocycles. The zero-order valence-electron chi connectivity index (χ0n) is 16.6. The number of nitrogens with zero attached hydrogens (tertiary/aromatic N) is 1. The molecule has 0 spiro atoms. The van der Waals surface area contributed by atoms with Gasteiger partial charge in [-0.2, -0.15) is 0 Å². The normalized spacial score (nSPS) is 24.8. The SMILES string of the molecule is C1CCC(NCCNCCN(C2CCCCC2)C2CCCCC2)CC1. The molecule has 0 bridgehead atoms. The zero-order chi connectivity index (χ0) is 17.2. The monoisotopic (exact) mass is 349 g/mol. The summed E-state index contributed by atoms with van der Waals surface area (Å²) in [5, 5.41) is 7.49. The van der Waals surface area contributed by atoms with Crippen molar-refractivity contribution in [3.8, 4) is 0 Å². The largest absolute Gasteiger partial charge is 0.314 e. The van der Waals surface area contributed by atoms with Crippen LogP contribution in [0.15, 0.2) is 0 Å². The summed E-state index contributed by atoms with van der Waals surface area (Å²) in [6, 6.07) is 2.58. The molecule has 3 rings (SSSR count). The molecule has 146 valence electrons. The van der Waals surface area contributed by atoms with Gasteiger partial charge in [0.15, 0.2) is 0 Å². The van der Waals surface area contributed by atoms with Crippen molar-refractivity contribution in [1.29, 1.82) is 0 Å². The lowest BCUT2D eigenvalue weighted by Gasteiger charge is -2.41. The molecule has 0 amide bonds. The number of nitrogens with one attached hydrogen (secondary N) is 2. The summed E-state index contributed by atoms with van der Waals surface area (Å²) in [7, 11) is 0. The van der Waals surface area contributed by atoms with Crippen LogP contribution in [0.3, 0.4) is 0 Å². The van der Waals surface area contributed by atoms with Crippen molar-refractivity contribution in [3.63, 3.8) is 0 Å². The van der Waals surface area contributed by atoms with E-state index < -0.39 is 0 Å². The third-order valence-corrected chi connectivity index (χ3v) is 6.97. The maximum absolute atomic E-state index is 3.76. The van der Waals surface area contributed by atoms with Crippen LogP contribution in [-0.2, 0) is 0 Å². The Balaban J connectivity index is 1.33. The van der Waals surface area contributed by atoms with E-state index in [0.29, 0.717) is 0 Å². The van der Waals surface area contributed by atoms with Crippen LogP contribution in [0.2, 0.25) is 0 Å². The van der Waals surface area contributed by atoms with Gasteiger partial charge in [0.2, 0.25) is 0 Å². The van der Waals surface area contributed by atoms with Crippen molar-refractivity contribution in [2.45, 2.75) is 114 Å². The highest BCUT2D eigenvalue weighted by Gasteiger charge is 2.28. The van der Waals surface area contributed by atoms with Crippen LogP contribution in [0.25, 0.3) is 0 Å². The van der Waals surface area contributed by atoms with Gasteiger partial charge >= 0.3 is 0 Å². The van der Waals surface area contributed by atoms with Gasteiger partial charge in [0.25, 0.3) is 0 Å². The molecule has 0 radical (unpaired) electrons. The molecule has 0 atom stereocenters. The van der Waals surface area contributed by atoms with E-state index in [9.17, 15) is 0 Å². The van der Waals surface area contributed by atoms with E-state index in [1.165, 1.54) is 109 Å². The van der Waals surface area contributed by atoms with E-state index in [-0.39, 0.29) is 0 Å². The Labute approximate surface area is 156 Å². The summed E-state index contributed by atoms with van der Waals surface area (Å²) in [6.45, 7) is 4.75. The van der Waals surface area contributed by atoms with Gasteiger partial charge in [-0.3, -0.25) is 4.90 Å². The van der Waals surface area contributed by atoms with Gasteiger partial charge in [0.05, 0.1) is 0 Å². The Bertz CT molecular complexity index is 310. The topological polar surface area (TPSA) is 27.3 Å². The summed E-state index contributed by atoms with van der Waals surface area (Å²) in [5.41, 5.74) is 0. The third-order valence-electron chi connectivity index (χ3n) is 6.97. The molecule has 0 aliphatic heterocycles. The average molecular weight is 350 g/mol. The predicted octanol–water partition coefficient (Wildman–Crippen LogP) is 4.47. The maximum Gasteiger partial charge on any atom is 0.0113 e. The molecule has 0 aromatic heterocycles. The van der Waals surface area contributed by atoms with Crippen molar-refractivity contribution >= 4 is 0 Å². The second-order valence-corrected chi connectivity index (χ2v) is 8.86. The van der Waals surface area contributed by atoms with Gasteiger partial charge in [-0.15, -0.1) is 0 Å². The van der Waals surface area contributed by atoms with Gasteiger partial charge in [-0.25, -0.2) is 0 Å². The van der Waals surface area contributed by atoms with E-state index in [2.05, 4.69) is 15.5 Å². The summed E-state index contributed by atoms with van der Waals surface area (Å²) in [6.07, 6.45) is 21.8. The van der Waals surface area contributed by atoms with E-state index >= 15 is 0 Å². The molecular weight excluding hydrogens is 306 g/mol. The number of rotatable bonds is 9. The Morgan fingerprint density at radius 1 is 0.560 bits per heavy atom. The van der Waals surface area contributed by atoms with Crippen LogP contribution in [0.4, 0.5) is 0 Å². The lowest BCUT2D eigenvalue weighted by Crippen LogP contribution is -2.48. The van der Waals surface area contributed by atoms with Crippen LogP contribution in [0.1, 0.15) is 96.3 Å². The molecule has 3 aliphatic carbocycles. The highest BCUT2D eigenvalue weighted by atomic mass is 15.2. The summed E-state index contributed by atoms with van der Waals surface area (Å²) in [4.78, 5) is 2.93. The molecule has 0 saturated heterocycles. The molecule has 3 nitrogen and oxygen atoms in total. The van der Waals surface area contributed by atoms with Crippen molar-refractivity contribution < 1.29 is 0 Å². The van der Waals surface area contributed by atoms with E-state index in [0.717, 1.165) is 31.2 Å². The minimum Gasteiger partial charge on any atom is -0.314 e. The summed E-state index contributed by atoms with van der Waals surface area (Å²) in [5.74, 6) is 0. The molecular formula is C22H43N3. The van der Waals surface area contributed by atoms with Gasteiger partial charge < -0.3 is 10.6 Å². The first kappa shape index (κ1) is 19.6. The van der Waals surface area contributed by atoms with Gasteiger partial charge in [-0.05, 0) is 38.5 Å². The summed E-state index contributed by atoms with van der Waals surface area (Å²) >= 11 is 0. The van der Waals surface area contributed by atoms with Crippen molar-refractivity contribution in [2.24, 2.45) is 0 Å².